The minimum absolute atomic E-state index is 0.261. The van der Waals surface area contributed by atoms with Crippen molar-refractivity contribution in [3.05, 3.63) is 85.0 Å². The van der Waals surface area contributed by atoms with Gasteiger partial charge in [0.05, 0.1) is 0 Å². The van der Waals surface area contributed by atoms with Crippen molar-refractivity contribution in [3.63, 3.8) is 0 Å². The number of nitrogens with zero attached hydrogens (tertiary/aromatic N) is 2. The van der Waals surface area contributed by atoms with Gasteiger partial charge in [0, 0.05) is 30.0 Å². The van der Waals surface area contributed by atoms with Crippen LogP contribution in [0.15, 0.2) is 79.4 Å². The monoisotopic (exact) mass is 330 g/mol. The third-order valence-electron chi connectivity index (χ3n) is 3.40. The molecule has 0 aliphatic carbocycles. The van der Waals surface area contributed by atoms with Gasteiger partial charge in [0.25, 0.3) is 0 Å². The van der Waals surface area contributed by atoms with Crippen molar-refractivity contribution in [2.75, 3.05) is 4.90 Å². The lowest BCUT2D eigenvalue weighted by Crippen LogP contribution is -2.18. The van der Waals surface area contributed by atoms with Gasteiger partial charge in [-0.05, 0) is 53.6 Å². The van der Waals surface area contributed by atoms with E-state index >= 15 is 0 Å². The Morgan fingerprint density at radius 2 is 1.62 bits per heavy atom. The number of benzene rings is 1. The van der Waals surface area contributed by atoms with Crippen LogP contribution in [0.3, 0.4) is 0 Å². The van der Waals surface area contributed by atoms with Gasteiger partial charge in [-0.15, -0.1) is 13.2 Å². The normalized spacial score (nSPS) is 14.5. The van der Waals surface area contributed by atoms with Gasteiger partial charge in [0.2, 0.25) is 0 Å². The van der Waals surface area contributed by atoms with Crippen LogP contribution < -0.4 is 9.64 Å². The molecule has 1 aromatic heterocycles. The number of ether oxygens (including phenoxy) is 1. The van der Waals surface area contributed by atoms with E-state index in [1.165, 1.54) is 12.1 Å². The van der Waals surface area contributed by atoms with Crippen LogP contribution in [0.5, 0.6) is 5.75 Å². The molecule has 0 saturated heterocycles. The van der Waals surface area contributed by atoms with Gasteiger partial charge >= 0.3 is 6.36 Å². The van der Waals surface area contributed by atoms with Gasteiger partial charge < -0.3 is 9.64 Å². The zero-order chi connectivity index (χ0) is 17.2. The first-order chi connectivity index (χ1) is 11.4. The number of pyridine rings is 1. The van der Waals surface area contributed by atoms with Gasteiger partial charge in [-0.3, -0.25) is 4.98 Å². The van der Waals surface area contributed by atoms with E-state index in [1.807, 2.05) is 30.5 Å². The Kier molecular flexibility index (Phi) is 4.12. The van der Waals surface area contributed by atoms with Gasteiger partial charge in [-0.2, -0.15) is 0 Å². The highest BCUT2D eigenvalue weighted by atomic mass is 19.4. The van der Waals surface area contributed by atoms with E-state index in [0.717, 1.165) is 11.1 Å². The van der Waals surface area contributed by atoms with Crippen LogP contribution in [0.25, 0.3) is 5.57 Å². The van der Waals surface area contributed by atoms with E-state index in [4.69, 9.17) is 0 Å². The van der Waals surface area contributed by atoms with Gasteiger partial charge in [0.15, 0.2) is 0 Å². The summed E-state index contributed by atoms with van der Waals surface area (Å²) in [5.74, 6) is -0.261. The minimum Gasteiger partial charge on any atom is -0.406 e. The number of rotatable bonds is 3. The Bertz CT molecular complexity index is 793. The summed E-state index contributed by atoms with van der Waals surface area (Å²) in [7, 11) is 0. The second-order valence-electron chi connectivity index (χ2n) is 5.06. The van der Waals surface area contributed by atoms with Crippen molar-refractivity contribution < 1.29 is 17.9 Å². The van der Waals surface area contributed by atoms with Crippen LogP contribution in [-0.4, -0.2) is 11.3 Å². The summed E-state index contributed by atoms with van der Waals surface area (Å²) >= 11 is 0. The smallest absolute Gasteiger partial charge is 0.406 e. The first-order valence-electron chi connectivity index (χ1n) is 7.07. The van der Waals surface area contributed by atoms with Crippen molar-refractivity contribution in [3.8, 4) is 5.75 Å². The zero-order valence-electron chi connectivity index (χ0n) is 12.5. The molecule has 0 atom stereocenters. The Balaban J connectivity index is 1.86. The molecule has 3 nitrogen and oxygen atoms in total. The molecule has 2 aromatic rings. The summed E-state index contributed by atoms with van der Waals surface area (Å²) in [6, 6.07) is 9.40. The summed E-state index contributed by atoms with van der Waals surface area (Å²) in [5.41, 5.74) is 3.32. The molecule has 2 heterocycles. The lowest BCUT2D eigenvalue weighted by molar-refractivity contribution is -0.274. The van der Waals surface area contributed by atoms with E-state index in [0.29, 0.717) is 11.4 Å². The molecule has 0 spiro atoms. The number of hydrogen-bond donors (Lipinski definition) is 0. The van der Waals surface area contributed by atoms with E-state index in [-0.39, 0.29) is 5.75 Å². The molecule has 122 valence electrons. The molecule has 0 bridgehead atoms. The molecule has 0 N–H and O–H groups in total. The largest absolute Gasteiger partial charge is 0.573 e. The molecule has 1 aliphatic heterocycles. The topological polar surface area (TPSA) is 25.4 Å². The first kappa shape index (κ1) is 15.9. The number of allylic oxidation sites excluding steroid dienone is 3. The molecule has 0 unspecified atom stereocenters. The summed E-state index contributed by atoms with van der Waals surface area (Å²) in [6.07, 6.45) is 4.33. The van der Waals surface area contributed by atoms with Gasteiger partial charge in [-0.1, -0.05) is 12.7 Å². The molecule has 3 rings (SSSR count). The van der Waals surface area contributed by atoms with Crippen molar-refractivity contribution >= 4 is 11.3 Å². The average molecular weight is 330 g/mol. The SMILES string of the molecule is C=C1C=CC(c2ccncc2)=CN1c1ccc(OC(F)(F)F)cc1. The molecular formula is C18H13F3N2O. The summed E-state index contributed by atoms with van der Waals surface area (Å²) in [6.45, 7) is 3.95. The van der Waals surface area contributed by atoms with Crippen LogP contribution in [-0.2, 0) is 0 Å². The Labute approximate surface area is 137 Å². The number of halogens is 3. The Morgan fingerprint density at radius 3 is 2.25 bits per heavy atom. The molecule has 1 aromatic carbocycles. The fraction of sp³-hybridized carbons (Fsp3) is 0.0556. The highest BCUT2D eigenvalue weighted by molar-refractivity contribution is 5.80. The second kappa shape index (κ2) is 6.23. The second-order valence-corrected chi connectivity index (χ2v) is 5.06. The molecule has 0 radical (unpaired) electrons. The number of aromatic nitrogens is 1. The first-order valence-corrected chi connectivity index (χ1v) is 7.07. The molecule has 24 heavy (non-hydrogen) atoms. The third-order valence-corrected chi connectivity index (χ3v) is 3.40. The zero-order valence-corrected chi connectivity index (χ0v) is 12.5. The highest BCUT2D eigenvalue weighted by Gasteiger charge is 2.31. The predicted octanol–water partition coefficient (Wildman–Crippen LogP) is 4.91. The van der Waals surface area contributed by atoms with Crippen molar-refractivity contribution in [2.24, 2.45) is 0 Å². The lowest BCUT2D eigenvalue weighted by atomic mass is 10.0. The van der Waals surface area contributed by atoms with E-state index < -0.39 is 6.36 Å². The maximum absolute atomic E-state index is 12.2. The molecule has 1 aliphatic rings. The van der Waals surface area contributed by atoms with Crippen molar-refractivity contribution in [1.82, 2.24) is 4.98 Å². The van der Waals surface area contributed by atoms with Gasteiger partial charge in [-0.25, -0.2) is 0 Å². The Hall–Kier alpha value is -3.02. The molecule has 0 amide bonds. The number of anilines is 1. The maximum Gasteiger partial charge on any atom is 0.573 e. The predicted molar refractivity (Wildman–Crippen MR) is 86.1 cm³/mol. The van der Waals surface area contributed by atoms with Crippen LogP contribution in [0, 0.1) is 0 Å². The minimum atomic E-state index is -4.70. The number of hydrogen-bond acceptors (Lipinski definition) is 3. The maximum atomic E-state index is 12.2. The van der Waals surface area contributed by atoms with E-state index in [9.17, 15) is 13.2 Å². The molecule has 6 heteroatoms. The lowest BCUT2D eigenvalue weighted by Gasteiger charge is -2.25. The van der Waals surface area contributed by atoms with Crippen LogP contribution in [0.4, 0.5) is 18.9 Å². The third kappa shape index (κ3) is 3.65. The van der Waals surface area contributed by atoms with Crippen LogP contribution in [0.1, 0.15) is 5.56 Å². The summed E-state index contributed by atoms with van der Waals surface area (Å²) in [4.78, 5) is 5.78. The van der Waals surface area contributed by atoms with Crippen molar-refractivity contribution in [2.45, 2.75) is 6.36 Å². The summed E-state index contributed by atoms with van der Waals surface area (Å²) < 4.78 is 40.6. The molecule has 0 fully saturated rings. The molecule has 0 saturated carbocycles. The average Bonchev–Trinajstić information content (AvgIpc) is 2.56. The van der Waals surface area contributed by atoms with E-state index in [2.05, 4.69) is 16.3 Å². The fourth-order valence-corrected chi connectivity index (χ4v) is 2.30. The standard InChI is InChI=1S/C18H13F3N2O/c1-13-2-3-15(14-8-10-22-11-9-14)12-23(13)16-4-6-17(7-5-16)24-18(19,20)21/h2-12H,1H2. The van der Waals surface area contributed by atoms with Crippen molar-refractivity contribution in [1.29, 1.82) is 0 Å². The number of alkyl halides is 3. The van der Waals surface area contributed by atoms with Gasteiger partial charge in [0.1, 0.15) is 5.75 Å². The quantitative estimate of drug-likeness (QED) is 0.799. The fourth-order valence-electron chi connectivity index (χ4n) is 2.30. The summed E-state index contributed by atoms with van der Waals surface area (Å²) in [5, 5.41) is 0. The van der Waals surface area contributed by atoms with Crippen LogP contribution in [0.2, 0.25) is 0 Å². The van der Waals surface area contributed by atoms with Crippen LogP contribution >= 0.6 is 0 Å². The Morgan fingerprint density at radius 1 is 0.958 bits per heavy atom. The highest BCUT2D eigenvalue weighted by Crippen LogP contribution is 2.30. The van der Waals surface area contributed by atoms with E-state index in [1.54, 1.807) is 29.4 Å². The molecular weight excluding hydrogens is 317 g/mol.